The highest BCUT2D eigenvalue weighted by Gasteiger charge is 2.26. The third-order valence-electron chi connectivity index (χ3n) is 4.32. The summed E-state index contributed by atoms with van der Waals surface area (Å²) in [6.07, 6.45) is 1.51. The molecule has 0 radical (unpaired) electrons. The summed E-state index contributed by atoms with van der Waals surface area (Å²) in [6, 6.07) is 6.82. The van der Waals surface area contributed by atoms with E-state index in [-0.39, 0.29) is 17.8 Å². The second kappa shape index (κ2) is 7.17. The molecule has 6 heteroatoms. The molecule has 1 fully saturated rings. The minimum atomic E-state index is -0.362. The minimum Gasteiger partial charge on any atom is -0.458 e. The van der Waals surface area contributed by atoms with E-state index < -0.39 is 0 Å². The van der Waals surface area contributed by atoms with Crippen molar-refractivity contribution in [2.24, 2.45) is 0 Å². The van der Waals surface area contributed by atoms with Crippen LogP contribution in [0.15, 0.2) is 24.3 Å². The lowest BCUT2D eigenvalue weighted by Crippen LogP contribution is -2.44. The lowest BCUT2D eigenvalue weighted by Gasteiger charge is -2.32. The van der Waals surface area contributed by atoms with E-state index in [4.69, 9.17) is 4.74 Å². The fourth-order valence-corrected chi connectivity index (χ4v) is 3.02. The summed E-state index contributed by atoms with van der Waals surface area (Å²) in [5, 5.41) is 0. The molecule has 1 aliphatic heterocycles. The molecule has 1 amide bonds. The van der Waals surface area contributed by atoms with E-state index in [1.165, 1.54) is 6.07 Å². The molecule has 5 nitrogen and oxygen atoms in total. The summed E-state index contributed by atoms with van der Waals surface area (Å²) >= 11 is 0. The SMILES string of the molecule is Cc1cc(C)nc(OC2CCCN(C(=O)c3ccc(C)c(F)c3)C2)n1. The lowest BCUT2D eigenvalue weighted by molar-refractivity contribution is 0.0514. The Morgan fingerprint density at radius 1 is 1.20 bits per heavy atom. The third kappa shape index (κ3) is 4.13. The monoisotopic (exact) mass is 343 g/mol. The molecule has 1 unspecified atom stereocenters. The topological polar surface area (TPSA) is 55.3 Å². The van der Waals surface area contributed by atoms with Crippen molar-refractivity contribution in [1.29, 1.82) is 0 Å². The highest BCUT2D eigenvalue weighted by atomic mass is 19.1. The highest BCUT2D eigenvalue weighted by molar-refractivity contribution is 5.94. The van der Waals surface area contributed by atoms with E-state index in [2.05, 4.69) is 9.97 Å². The number of amides is 1. The van der Waals surface area contributed by atoms with Crippen LogP contribution >= 0.6 is 0 Å². The van der Waals surface area contributed by atoms with E-state index in [9.17, 15) is 9.18 Å². The fourth-order valence-electron chi connectivity index (χ4n) is 3.02. The number of likely N-dealkylation sites (tertiary alicyclic amines) is 1. The van der Waals surface area contributed by atoms with Gasteiger partial charge in [0.1, 0.15) is 11.9 Å². The van der Waals surface area contributed by atoms with Crippen molar-refractivity contribution in [2.45, 2.75) is 39.7 Å². The Bertz CT molecular complexity index is 774. The van der Waals surface area contributed by atoms with Gasteiger partial charge in [-0.2, -0.15) is 0 Å². The van der Waals surface area contributed by atoms with Crippen LogP contribution in [-0.2, 0) is 0 Å². The zero-order valence-electron chi connectivity index (χ0n) is 14.8. The Labute approximate surface area is 146 Å². The van der Waals surface area contributed by atoms with E-state index >= 15 is 0 Å². The van der Waals surface area contributed by atoms with Gasteiger partial charge in [0.2, 0.25) is 0 Å². The number of hydrogen-bond donors (Lipinski definition) is 0. The van der Waals surface area contributed by atoms with Crippen LogP contribution in [0.1, 0.15) is 40.2 Å². The first-order valence-electron chi connectivity index (χ1n) is 8.47. The zero-order chi connectivity index (χ0) is 18.0. The predicted molar refractivity (Wildman–Crippen MR) is 92.2 cm³/mol. The first-order chi connectivity index (χ1) is 11.9. The van der Waals surface area contributed by atoms with Crippen LogP contribution in [0.2, 0.25) is 0 Å². The molecule has 132 valence electrons. The van der Waals surface area contributed by atoms with E-state index in [0.717, 1.165) is 24.2 Å². The number of halogens is 1. The van der Waals surface area contributed by atoms with Gasteiger partial charge in [-0.05, 0) is 57.4 Å². The smallest absolute Gasteiger partial charge is 0.317 e. The summed E-state index contributed by atoms with van der Waals surface area (Å²) < 4.78 is 19.6. The largest absolute Gasteiger partial charge is 0.458 e. The number of aryl methyl sites for hydroxylation is 3. The third-order valence-corrected chi connectivity index (χ3v) is 4.32. The first kappa shape index (κ1) is 17.3. The number of carbonyl (C=O) groups excluding carboxylic acids is 1. The molecule has 0 spiro atoms. The number of aromatic nitrogens is 2. The second-order valence-electron chi connectivity index (χ2n) is 6.53. The Morgan fingerprint density at radius 3 is 2.60 bits per heavy atom. The Kier molecular flexibility index (Phi) is 4.97. The summed E-state index contributed by atoms with van der Waals surface area (Å²) in [5.74, 6) is -0.534. The number of carbonyl (C=O) groups is 1. The molecule has 25 heavy (non-hydrogen) atoms. The maximum absolute atomic E-state index is 13.7. The van der Waals surface area contributed by atoms with E-state index in [1.807, 2.05) is 19.9 Å². The number of rotatable bonds is 3. The van der Waals surface area contributed by atoms with Crippen molar-refractivity contribution in [3.05, 3.63) is 52.6 Å². The van der Waals surface area contributed by atoms with Gasteiger partial charge in [0.05, 0.1) is 6.54 Å². The number of hydrogen-bond acceptors (Lipinski definition) is 4. The van der Waals surface area contributed by atoms with Crippen LogP contribution < -0.4 is 4.74 Å². The first-order valence-corrected chi connectivity index (χ1v) is 8.47. The number of benzene rings is 1. The molecule has 0 bridgehead atoms. The molecule has 1 aromatic carbocycles. The summed E-state index contributed by atoms with van der Waals surface area (Å²) in [7, 11) is 0. The molecule has 0 saturated carbocycles. The van der Waals surface area contributed by atoms with Gasteiger partial charge in [0, 0.05) is 23.5 Å². The molecule has 1 aromatic heterocycles. The molecule has 1 saturated heterocycles. The van der Waals surface area contributed by atoms with Crippen molar-refractivity contribution in [3.63, 3.8) is 0 Å². The van der Waals surface area contributed by atoms with Gasteiger partial charge in [-0.25, -0.2) is 14.4 Å². The van der Waals surface area contributed by atoms with Crippen LogP contribution in [0.5, 0.6) is 6.01 Å². The van der Waals surface area contributed by atoms with Gasteiger partial charge in [-0.1, -0.05) is 6.07 Å². The van der Waals surface area contributed by atoms with Crippen LogP contribution in [0.3, 0.4) is 0 Å². The molecule has 0 N–H and O–H groups in total. The van der Waals surface area contributed by atoms with Gasteiger partial charge in [-0.15, -0.1) is 0 Å². The van der Waals surface area contributed by atoms with Crippen molar-refractivity contribution < 1.29 is 13.9 Å². The predicted octanol–water partition coefficient (Wildman–Crippen LogP) is 3.22. The Morgan fingerprint density at radius 2 is 1.92 bits per heavy atom. The van der Waals surface area contributed by atoms with E-state index in [0.29, 0.717) is 30.2 Å². The van der Waals surface area contributed by atoms with E-state index in [1.54, 1.807) is 24.0 Å². The normalized spacial score (nSPS) is 17.4. The van der Waals surface area contributed by atoms with Crippen molar-refractivity contribution in [3.8, 4) is 6.01 Å². The van der Waals surface area contributed by atoms with Gasteiger partial charge < -0.3 is 9.64 Å². The fraction of sp³-hybridized carbons (Fsp3) is 0.421. The molecular weight excluding hydrogens is 321 g/mol. The number of nitrogens with zero attached hydrogens (tertiary/aromatic N) is 3. The van der Waals surface area contributed by atoms with Crippen LogP contribution in [0.4, 0.5) is 4.39 Å². The van der Waals surface area contributed by atoms with Crippen molar-refractivity contribution >= 4 is 5.91 Å². The summed E-state index contributed by atoms with van der Waals surface area (Å²) in [5.41, 5.74) is 2.59. The van der Waals surface area contributed by atoms with Gasteiger partial charge in [-0.3, -0.25) is 4.79 Å². The highest BCUT2D eigenvalue weighted by Crippen LogP contribution is 2.19. The van der Waals surface area contributed by atoms with Crippen molar-refractivity contribution in [1.82, 2.24) is 14.9 Å². The average molecular weight is 343 g/mol. The maximum Gasteiger partial charge on any atom is 0.317 e. The quantitative estimate of drug-likeness (QED) is 0.859. The van der Waals surface area contributed by atoms with Crippen molar-refractivity contribution in [2.75, 3.05) is 13.1 Å². The number of ether oxygens (including phenoxy) is 1. The van der Waals surface area contributed by atoms with Gasteiger partial charge >= 0.3 is 6.01 Å². The van der Waals surface area contributed by atoms with Gasteiger partial charge in [0.15, 0.2) is 0 Å². The number of piperidine rings is 1. The summed E-state index contributed by atoms with van der Waals surface area (Å²) in [4.78, 5) is 22.9. The molecule has 1 atom stereocenters. The van der Waals surface area contributed by atoms with Crippen LogP contribution in [-0.4, -0.2) is 40.0 Å². The molecule has 2 aromatic rings. The molecular formula is C19H22FN3O2. The second-order valence-corrected chi connectivity index (χ2v) is 6.53. The van der Waals surface area contributed by atoms with Crippen LogP contribution in [0, 0.1) is 26.6 Å². The molecule has 2 heterocycles. The Balaban J connectivity index is 1.69. The molecule has 3 rings (SSSR count). The van der Waals surface area contributed by atoms with Crippen LogP contribution in [0.25, 0.3) is 0 Å². The standard InChI is InChI=1S/C19H22FN3O2/c1-12-6-7-15(10-17(12)20)18(24)23-8-4-5-16(11-23)25-19-21-13(2)9-14(3)22-19/h6-7,9-10,16H,4-5,8,11H2,1-3H3. The Hall–Kier alpha value is -2.50. The minimum absolute atomic E-state index is 0.158. The molecule has 1 aliphatic rings. The zero-order valence-corrected chi connectivity index (χ0v) is 14.8. The average Bonchev–Trinajstić information content (AvgIpc) is 2.56. The molecule has 0 aliphatic carbocycles. The lowest BCUT2D eigenvalue weighted by atomic mass is 10.1. The summed E-state index contributed by atoms with van der Waals surface area (Å²) in [6.45, 7) is 6.55. The van der Waals surface area contributed by atoms with Gasteiger partial charge in [0.25, 0.3) is 5.91 Å². The maximum atomic E-state index is 13.7.